The van der Waals surface area contributed by atoms with Gasteiger partial charge in [-0.15, -0.1) is 0 Å². The van der Waals surface area contributed by atoms with Crippen LogP contribution in [0, 0.1) is 54.2 Å². The second-order valence-electron chi connectivity index (χ2n) is 6.67. The van der Waals surface area contributed by atoms with E-state index >= 15 is 0 Å². The van der Waals surface area contributed by atoms with E-state index in [2.05, 4.69) is 88.4 Å². The van der Waals surface area contributed by atoms with Crippen LogP contribution in [0.1, 0.15) is 65.2 Å². The molecule has 0 atom stereocenters. The standard InChI is InChI=1S/C14H10.2C6H13.Sm/c1-2-6-12-10-14-8-4-3-7-13(14)9-11(12)5-1;2*1-3-5-6-4-2;/h1-10H;2*1,3-6H2,2H3;/q;2*-1;. The summed E-state index contributed by atoms with van der Waals surface area (Å²) in [6, 6.07) is 21.4. The van der Waals surface area contributed by atoms with E-state index in [1.807, 2.05) is 0 Å². The van der Waals surface area contributed by atoms with Crippen LogP contribution >= 0.6 is 0 Å². The van der Waals surface area contributed by atoms with Crippen LogP contribution in [0.5, 0.6) is 0 Å². The summed E-state index contributed by atoms with van der Waals surface area (Å²) in [5, 5.41) is 5.25. The van der Waals surface area contributed by atoms with E-state index in [9.17, 15) is 0 Å². The van der Waals surface area contributed by atoms with E-state index in [0.29, 0.717) is 0 Å². The fourth-order valence-corrected chi connectivity index (χ4v) is 2.74. The van der Waals surface area contributed by atoms with Crippen molar-refractivity contribution in [1.29, 1.82) is 0 Å². The van der Waals surface area contributed by atoms with E-state index in [0.717, 1.165) is 12.8 Å². The number of hydrogen-bond acceptors (Lipinski definition) is 0. The smallest absolute Gasteiger partial charge is 0 e. The monoisotopic (exact) mass is 500 g/mol. The van der Waals surface area contributed by atoms with Gasteiger partial charge in [0.2, 0.25) is 0 Å². The molecule has 0 N–H and O–H groups in total. The maximum Gasteiger partial charge on any atom is 0 e. The fourth-order valence-electron chi connectivity index (χ4n) is 2.74. The molecule has 148 valence electrons. The fraction of sp³-hybridized carbons (Fsp3) is 0.385. The first-order valence-corrected chi connectivity index (χ1v) is 10.2. The zero-order valence-electron chi connectivity index (χ0n) is 17.3. The SMILES string of the molecule is [CH2-]CCCCC.[CH2-]CCCCC.[Sm].c1ccc2cc3ccccc3cc2c1. The summed E-state index contributed by atoms with van der Waals surface area (Å²) in [6.07, 6.45) is 10.1. The number of benzene rings is 3. The molecule has 0 saturated heterocycles. The Balaban J connectivity index is 0.000000444. The molecular formula is C26H36Sm-2. The van der Waals surface area contributed by atoms with Gasteiger partial charge < -0.3 is 13.8 Å². The molecule has 27 heavy (non-hydrogen) atoms. The topological polar surface area (TPSA) is 0 Å². The Bertz CT molecular complexity index is 596. The molecule has 0 amide bonds. The van der Waals surface area contributed by atoms with Crippen LogP contribution < -0.4 is 0 Å². The van der Waals surface area contributed by atoms with Gasteiger partial charge in [0, 0.05) is 40.4 Å². The van der Waals surface area contributed by atoms with Crippen LogP contribution in [-0.2, 0) is 0 Å². The molecule has 0 saturated carbocycles. The van der Waals surface area contributed by atoms with Crippen molar-refractivity contribution < 1.29 is 40.4 Å². The van der Waals surface area contributed by atoms with Crippen molar-refractivity contribution in [2.45, 2.75) is 65.2 Å². The Labute approximate surface area is 200 Å². The molecule has 0 aliphatic heterocycles. The van der Waals surface area contributed by atoms with Crippen molar-refractivity contribution >= 4 is 21.5 Å². The van der Waals surface area contributed by atoms with Crippen LogP contribution in [0.2, 0.25) is 0 Å². The normalized spacial score (nSPS) is 9.63. The van der Waals surface area contributed by atoms with Crippen molar-refractivity contribution in [2.75, 3.05) is 0 Å². The third-order valence-electron chi connectivity index (χ3n) is 4.32. The van der Waals surface area contributed by atoms with Crippen LogP contribution in [0.15, 0.2) is 60.7 Å². The van der Waals surface area contributed by atoms with E-state index in [1.165, 1.54) is 60.1 Å². The molecule has 3 aromatic rings. The van der Waals surface area contributed by atoms with Gasteiger partial charge in [0.1, 0.15) is 0 Å². The number of unbranched alkanes of at least 4 members (excludes halogenated alkanes) is 6. The molecular weight excluding hydrogens is 463 g/mol. The maximum absolute atomic E-state index is 3.72. The van der Waals surface area contributed by atoms with Gasteiger partial charge in [-0.3, -0.25) is 0 Å². The second-order valence-corrected chi connectivity index (χ2v) is 6.67. The van der Waals surface area contributed by atoms with Gasteiger partial charge in [0.15, 0.2) is 0 Å². The Morgan fingerprint density at radius 3 is 1.04 bits per heavy atom. The first-order chi connectivity index (χ1) is 12.8. The number of hydrogen-bond donors (Lipinski definition) is 0. The van der Waals surface area contributed by atoms with Crippen LogP contribution in [0.4, 0.5) is 0 Å². The summed E-state index contributed by atoms with van der Waals surface area (Å²) < 4.78 is 0. The first kappa shape index (κ1) is 26.5. The second kappa shape index (κ2) is 17.6. The molecule has 0 spiro atoms. The van der Waals surface area contributed by atoms with E-state index in [4.69, 9.17) is 0 Å². The van der Waals surface area contributed by atoms with Crippen LogP contribution in [0.3, 0.4) is 0 Å². The number of fused-ring (bicyclic) bond motifs is 2. The molecule has 0 bridgehead atoms. The van der Waals surface area contributed by atoms with E-state index in [-0.39, 0.29) is 40.4 Å². The zero-order chi connectivity index (χ0) is 19.0. The summed E-state index contributed by atoms with van der Waals surface area (Å²) in [7, 11) is 0. The van der Waals surface area contributed by atoms with Gasteiger partial charge in [0.25, 0.3) is 0 Å². The molecule has 0 unspecified atom stereocenters. The zero-order valence-corrected chi connectivity index (χ0v) is 19.9. The van der Waals surface area contributed by atoms with Gasteiger partial charge in [-0.25, -0.2) is 0 Å². The Hall–Kier alpha value is -0.482. The van der Waals surface area contributed by atoms with Crippen molar-refractivity contribution in [3.05, 3.63) is 74.5 Å². The molecule has 1 heteroatoms. The molecule has 3 rings (SSSR count). The Morgan fingerprint density at radius 2 is 0.852 bits per heavy atom. The molecule has 0 aromatic heterocycles. The van der Waals surface area contributed by atoms with Crippen molar-refractivity contribution in [3.8, 4) is 0 Å². The van der Waals surface area contributed by atoms with Crippen molar-refractivity contribution in [1.82, 2.24) is 0 Å². The minimum Gasteiger partial charge on any atom is -0.343 e. The Morgan fingerprint density at radius 1 is 0.556 bits per heavy atom. The summed E-state index contributed by atoms with van der Waals surface area (Å²) in [4.78, 5) is 0. The van der Waals surface area contributed by atoms with Gasteiger partial charge >= 0.3 is 0 Å². The minimum atomic E-state index is 0. The van der Waals surface area contributed by atoms with Gasteiger partial charge in [-0.2, -0.15) is 12.8 Å². The largest absolute Gasteiger partial charge is 0.343 e. The van der Waals surface area contributed by atoms with Crippen LogP contribution in [-0.4, -0.2) is 0 Å². The Kier molecular flexibility index (Phi) is 17.3. The summed E-state index contributed by atoms with van der Waals surface area (Å²) >= 11 is 0. The van der Waals surface area contributed by atoms with Crippen molar-refractivity contribution in [3.63, 3.8) is 0 Å². The summed E-state index contributed by atoms with van der Waals surface area (Å²) in [6.45, 7) is 11.9. The minimum absolute atomic E-state index is 0. The summed E-state index contributed by atoms with van der Waals surface area (Å²) in [5.41, 5.74) is 0. The van der Waals surface area contributed by atoms with E-state index in [1.54, 1.807) is 0 Å². The molecule has 0 heterocycles. The van der Waals surface area contributed by atoms with Gasteiger partial charge in [0.05, 0.1) is 0 Å². The third-order valence-corrected chi connectivity index (χ3v) is 4.32. The quantitative estimate of drug-likeness (QED) is 0.181. The molecule has 0 radical (unpaired) electrons. The van der Waals surface area contributed by atoms with E-state index < -0.39 is 0 Å². The predicted molar refractivity (Wildman–Crippen MR) is 120 cm³/mol. The van der Waals surface area contributed by atoms with Crippen LogP contribution in [0.25, 0.3) is 21.5 Å². The predicted octanol–water partition coefficient (Wildman–Crippen LogP) is 8.79. The third kappa shape index (κ3) is 11.2. The van der Waals surface area contributed by atoms with Gasteiger partial charge in [-0.05, 0) is 33.7 Å². The van der Waals surface area contributed by atoms with Crippen molar-refractivity contribution in [2.24, 2.45) is 0 Å². The average molecular weight is 499 g/mol. The molecule has 0 aliphatic carbocycles. The first-order valence-electron chi connectivity index (χ1n) is 10.2. The summed E-state index contributed by atoms with van der Waals surface area (Å²) in [5.74, 6) is 0. The molecule has 0 nitrogen and oxygen atoms in total. The van der Waals surface area contributed by atoms with Gasteiger partial charge in [-0.1, -0.05) is 101 Å². The number of rotatable bonds is 6. The maximum atomic E-state index is 3.72. The molecule has 3 aromatic carbocycles. The molecule has 0 aliphatic rings. The molecule has 0 fully saturated rings. The average Bonchev–Trinajstić information content (AvgIpc) is 2.70.